The lowest BCUT2D eigenvalue weighted by atomic mass is 10.00. The molecule has 0 radical (unpaired) electrons. The first-order valence-corrected chi connectivity index (χ1v) is 9.29. The van der Waals surface area contributed by atoms with Gasteiger partial charge in [-0.25, -0.2) is 0 Å². The number of allylic oxidation sites excluding steroid dienone is 1. The molecule has 0 N–H and O–H groups in total. The highest BCUT2D eigenvalue weighted by Crippen LogP contribution is 2.35. The Morgan fingerprint density at radius 1 is 1.08 bits per heavy atom. The summed E-state index contributed by atoms with van der Waals surface area (Å²) >= 11 is 0. The lowest BCUT2D eigenvalue weighted by Crippen LogP contribution is -2.04. The van der Waals surface area contributed by atoms with Crippen LogP contribution in [0.2, 0.25) is 0 Å². The van der Waals surface area contributed by atoms with Crippen molar-refractivity contribution in [2.75, 3.05) is 0 Å². The Morgan fingerprint density at radius 3 is 2.50 bits per heavy atom. The Hall–Kier alpha value is -2.70. The second kappa shape index (κ2) is 8.12. The molecule has 0 spiro atoms. The van der Waals surface area contributed by atoms with E-state index in [0.717, 1.165) is 46.8 Å². The topological polar surface area (TPSA) is 18.5 Å². The van der Waals surface area contributed by atoms with E-state index < -0.39 is 0 Å². The molecule has 26 heavy (non-hydrogen) atoms. The summed E-state index contributed by atoms with van der Waals surface area (Å²) in [5, 5.41) is 0. The van der Waals surface area contributed by atoms with Gasteiger partial charge in [0, 0.05) is 17.5 Å². The van der Waals surface area contributed by atoms with E-state index in [-0.39, 0.29) is 6.10 Å². The summed E-state index contributed by atoms with van der Waals surface area (Å²) in [4.78, 5) is 0. The molecule has 0 amide bonds. The molecule has 1 heterocycles. The van der Waals surface area contributed by atoms with E-state index in [0.29, 0.717) is 0 Å². The van der Waals surface area contributed by atoms with E-state index in [1.54, 1.807) is 0 Å². The van der Waals surface area contributed by atoms with Crippen molar-refractivity contribution in [2.24, 2.45) is 0 Å². The van der Waals surface area contributed by atoms with Gasteiger partial charge in [-0.3, -0.25) is 0 Å². The highest BCUT2D eigenvalue weighted by atomic mass is 16.5. The second-order valence-corrected chi connectivity index (χ2v) is 6.86. The van der Waals surface area contributed by atoms with Crippen molar-refractivity contribution in [2.45, 2.75) is 46.6 Å². The molecule has 0 saturated heterocycles. The smallest absolute Gasteiger partial charge is 0.180 e. The number of hydrogen-bond donors (Lipinski definition) is 0. The molecule has 0 aromatic heterocycles. The van der Waals surface area contributed by atoms with Gasteiger partial charge in [-0.2, -0.15) is 0 Å². The van der Waals surface area contributed by atoms with Crippen molar-refractivity contribution in [1.29, 1.82) is 0 Å². The van der Waals surface area contributed by atoms with Crippen LogP contribution in [0.4, 0.5) is 0 Å². The van der Waals surface area contributed by atoms with Gasteiger partial charge < -0.3 is 9.47 Å². The Kier molecular flexibility index (Phi) is 5.65. The molecule has 134 valence electrons. The monoisotopic (exact) mass is 346 g/mol. The van der Waals surface area contributed by atoms with Gasteiger partial charge in [-0.1, -0.05) is 55.0 Å². The van der Waals surface area contributed by atoms with Crippen molar-refractivity contribution < 1.29 is 9.47 Å². The molecule has 2 aromatic rings. The van der Waals surface area contributed by atoms with E-state index >= 15 is 0 Å². The quantitative estimate of drug-likeness (QED) is 0.450. The average molecular weight is 346 g/mol. The minimum absolute atomic E-state index is 0.121. The first-order valence-electron chi connectivity index (χ1n) is 9.29. The van der Waals surface area contributed by atoms with E-state index in [4.69, 9.17) is 9.47 Å². The van der Waals surface area contributed by atoms with Crippen LogP contribution in [0.5, 0.6) is 0 Å². The predicted molar refractivity (Wildman–Crippen MR) is 108 cm³/mol. The minimum atomic E-state index is 0.121. The molecule has 0 bridgehead atoms. The van der Waals surface area contributed by atoms with E-state index in [2.05, 4.69) is 62.1 Å². The molecule has 1 aliphatic heterocycles. The first-order chi connectivity index (χ1) is 12.6. The summed E-state index contributed by atoms with van der Waals surface area (Å²) in [5.74, 6) is 2.41. The molecule has 0 saturated carbocycles. The first kappa shape index (κ1) is 18.1. The molecule has 2 heteroatoms. The Balaban J connectivity index is 2.10. The molecule has 0 atom stereocenters. The fraction of sp³-hybridized carbons (Fsp3) is 0.292. The van der Waals surface area contributed by atoms with Crippen LogP contribution in [0, 0.1) is 6.92 Å². The van der Waals surface area contributed by atoms with Crippen molar-refractivity contribution in [1.82, 2.24) is 0 Å². The van der Waals surface area contributed by atoms with Gasteiger partial charge in [0.15, 0.2) is 5.76 Å². The highest BCUT2D eigenvalue weighted by molar-refractivity contribution is 5.88. The van der Waals surface area contributed by atoms with Gasteiger partial charge in [0.25, 0.3) is 0 Å². The zero-order chi connectivity index (χ0) is 18.5. The summed E-state index contributed by atoms with van der Waals surface area (Å²) in [6.07, 6.45) is 4.06. The van der Waals surface area contributed by atoms with Gasteiger partial charge >= 0.3 is 0 Å². The molecule has 0 aliphatic carbocycles. The lowest BCUT2D eigenvalue weighted by Gasteiger charge is -2.20. The number of fused-ring (bicyclic) bond motifs is 1. The Bertz CT molecular complexity index is 863. The van der Waals surface area contributed by atoms with Gasteiger partial charge in [0.1, 0.15) is 11.5 Å². The largest absolute Gasteiger partial charge is 0.487 e. The van der Waals surface area contributed by atoms with Crippen LogP contribution < -0.4 is 0 Å². The normalized spacial score (nSPS) is 12.8. The van der Waals surface area contributed by atoms with Crippen LogP contribution in [-0.4, -0.2) is 6.10 Å². The lowest BCUT2D eigenvalue weighted by molar-refractivity contribution is 0.140. The van der Waals surface area contributed by atoms with Crippen LogP contribution in [0.25, 0.3) is 17.6 Å². The van der Waals surface area contributed by atoms with Crippen LogP contribution >= 0.6 is 0 Å². The zero-order valence-corrected chi connectivity index (χ0v) is 16.0. The molecule has 3 rings (SSSR count). The van der Waals surface area contributed by atoms with Crippen LogP contribution in [0.3, 0.4) is 0 Å². The summed E-state index contributed by atoms with van der Waals surface area (Å²) in [5.41, 5.74) is 7.88. The molecule has 2 nitrogen and oxygen atoms in total. The van der Waals surface area contributed by atoms with Gasteiger partial charge in [0.05, 0.1) is 6.10 Å². The van der Waals surface area contributed by atoms with Crippen LogP contribution in [0.15, 0.2) is 60.0 Å². The van der Waals surface area contributed by atoms with Crippen molar-refractivity contribution in [3.8, 4) is 0 Å². The maximum absolute atomic E-state index is 6.26. The number of benzene rings is 2. The fourth-order valence-electron chi connectivity index (χ4n) is 2.91. The van der Waals surface area contributed by atoms with Crippen molar-refractivity contribution in [3.63, 3.8) is 0 Å². The maximum atomic E-state index is 6.26. The van der Waals surface area contributed by atoms with Crippen LogP contribution in [-0.2, 0) is 9.47 Å². The van der Waals surface area contributed by atoms with E-state index in [9.17, 15) is 0 Å². The van der Waals surface area contributed by atoms with Gasteiger partial charge in [0.2, 0.25) is 0 Å². The minimum Gasteiger partial charge on any atom is -0.487 e. The Morgan fingerprint density at radius 2 is 1.81 bits per heavy atom. The molecule has 0 fully saturated rings. The number of rotatable bonds is 5. The molecular formula is C24H26O2. The third-order valence-corrected chi connectivity index (χ3v) is 4.15. The van der Waals surface area contributed by atoms with Crippen molar-refractivity contribution >= 4 is 17.6 Å². The number of hydrogen-bond acceptors (Lipinski definition) is 2. The number of aryl methyl sites for hydroxylation is 1. The third kappa shape index (κ3) is 4.28. The SMILES string of the molecule is CCCC(=C=C1OC(c2ccc(C)cc2)=Cc2ccccc21)OC(C)C. The number of ether oxygens (including phenoxy) is 2. The second-order valence-electron chi connectivity index (χ2n) is 6.86. The zero-order valence-electron chi connectivity index (χ0n) is 16.0. The van der Waals surface area contributed by atoms with Gasteiger partial charge in [-0.15, -0.1) is 0 Å². The van der Waals surface area contributed by atoms with E-state index in [1.165, 1.54) is 5.56 Å². The molecule has 1 aliphatic rings. The maximum Gasteiger partial charge on any atom is 0.180 e. The molecule has 2 aromatic carbocycles. The standard InChI is InChI=1S/C24H26O2/c1-5-8-21(25-17(2)3)16-24-22-10-7-6-9-20(22)15-23(26-24)19-13-11-18(4)12-14-19/h6-7,9-15,17H,5,8H2,1-4H3. The predicted octanol–water partition coefficient (Wildman–Crippen LogP) is 6.57. The van der Waals surface area contributed by atoms with Gasteiger partial charge in [-0.05, 0) is 50.6 Å². The molecular weight excluding hydrogens is 320 g/mol. The Labute approximate surface area is 156 Å². The highest BCUT2D eigenvalue weighted by Gasteiger charge is 2.18. The summed E-state index contributed by atoms with van der Waals surface area (Å²) in [6.45, 7) is 8.30. The fourth-order valence-corrected chi connectivity index (χ4v) is 2.91. The van der Waals surface area contributed by atoms with Crippen molar-refractivity contribution in [3.05, 3.63) is 82.3 Å². The summed E-state index contributed by atoms with van der Waals surface area (Å²) < 4.78 is 12.2. The summed E-state index contributed by atoms with van der Waals surface area (Å²) in [6, 6.07) is 16.6. The summed E-state index contributed by atoms with van der Waals surface area (Å²) in [7, 11) is 0. The van der Waals surface area contributed by atoms with Crippen LogP contribution in [0.1, 0.15) is 55.9 Å². The average Bonchev–Trinajstić information content (AvgIpc) is 2.62. The van der Waals surface area contributed by atoms with E-state index in [1.807, 2.05) is 26.0 Å². The molecule has 0 unspecified atom stereocenters. The third-order valence-electron chi connectivity index (χ3n) is 4.15.